The molecule has 4 aromatic heterocycles. The zero-order chi connectivity index (χ0) is 67.4. The van der Waals surface area contributed by atoms with Crippen LogP contribution in [0.2, 0.25) is 0 Å². The monoisotopic (exact) mass is 1280 g/mol. The van der Waals surface area contributed by atoms with Crippen LogP contribution in [-0.4, -0.2) is 67.2 Å². The van der Waals surface area contributed by atoms with E-state index in [-0.39, 0.29) is 0 Å². The van der Waals surface area contributed by atoms with Gasteiger partial charge in [0.05, 0.1) is 72.0 Å². The fourth-order valence-electron chi connectivity index (χ4n) is 9.46. The van der Waals surface area contributed by atoms with Gasteiger partial charge in [0.1, 0.15) is 23.0 Å². The van der Waals surface area contributed by atoms with Gasteiger partial charge < -0.3 is 18.9 Å². The second-order valence-corrected chi connectivity index (χ2v) is 25.6. The highest BCUT2D eigenvalue weighted by Gasteiger charge is 2.10. The molecule has 0 aliphatic heterocycles. The number of ether oxygens (including phenoxy) is 4. The van der Waals surface area contributed by atoms with Gasteiger partial charge in [-0.05, 0) is 221 Å². The van der Waals surface area contributed by atoms with Crippen molar-refractivity contribution in [1.29, 1.82) is 0 Å². The highest BCUT2D eigenvalue weighted by molar-refractivity contribution is 5.62. The smallest absolute Gasteiger partial charge is 0.119 e. The van der Waals surface area contributed by atoms with Gasteiger partial charge in [-0.1, -0.05) is 173 Å². The number of hydrogen-bond acceptors (Lipinski definition) is 12. The Morgan fingerprint density at radius 3 is 0.670 bits per heavy atom. The molecule has 4 unspecified atom stereocenters. The first-order chi connectivity index (χ1) is 45.9. The number of rotatable bonds is 38. The van der Waals surface area contributed by atoms with Gasteiger partial charge in [0.15, 0.2) is 0 Å². The van der Waals surface area contributed by atoms with Crippen molar-refractivity contribution in [2.75, 3.05) is 26.4 Å². The maximum atomic E-state index is 5.80. The van der Waals surface area contributed by atoms with Crippen LogP contribution < -0.4 is 18.9 Å². The standard InChI is InChI=1S/C22H32N2O.C21H30N2O.C20H28N2O.C19H26N2O/c1-4-6-7-8-9-10-20-13-16-22(24-23-20)19-11-14-21(15-12-19)25-17-18(3)5-2;1-4-6-7-8-9-19-12-15-21(23-22-19)18-10-13-20(14-11-18)24-16-17(3)5-2;1-4-6-7-8-18-11-14-20(22-21-18)17-9-12-19(13-10-17)23-15-16(3)5-2;1-4-6-7-17-10-13-19(21-20-17)16-8-11-18(12-9-16)22-14-15(3)5-2/h11-16,18H,4-10,17H2,1-3H3;10-15,17H,4-9,16H2,1-3H3;9-14,16H,4-8,15H2,1-3H3;8-13,15H,4-7,14H2,1-3H3. The maximum absolute atomic E-state index is 5.80. The van der Waals surface area contributed by atoms with Crippen molar-refractivity contribution in [3.8, 4) is 68.0 Å². The maximum Gasteiger partial charge on any atom is 0.119 e. The Morgan fingerprint density at radius 2 is 0.447 bits per heavy atom. The molecule has 0 aliphatic carbocycles. The third-order valence-electron chi connectivity index (χ3n) is 17.1. The van der Waals surface area contributed by atoms with E-state index in [1.807, 2.05) is 78.9 Å². The lowest BCUT2D eigenvalue weighted by Crippen LogP contribution is -2.07. The summed E-state index contributed by atoms with van der Waals surface area (Å²) in [5.41, 5.74) is 12.3. The van der Waals surface area contributed by atoms with Crippen LogP contribution in [0.15, 0.2) is 146 Å². The Morgan fingerprint density at radius 1 is 0.234 bits per heavy atom. The number of unbranched alkanes of at least 4 members (excludes halogenated alkanes) is 10. The summed E-state index contributed by atoms with van der Waals surface area (Å²) >= 11 is 0. The summed E-state index contributed by atoms with van der Waals surface area (Å²) in [5.74, 6) is 6.00. The molecule has 12 heteroatoms. The van der Waals surface area contributed by atoms with E-state index in [0.717, 1.165) is 175 Å². The molecule has 0 aliphatic rings. The zero-order valence-electron chi connectivity index (χ0n) is 59.8. The first-order valence-corrected chi connectivity index (χ1v) is 36.1. The molecule has 4 aromatic carbocycles. The first-order valence-electron chi connectivity index (χ1n) is 36.1. The predicted octanol–water partition coefficient (Wildman–Crippen LogP) is 22.0. The van der Waals surface area contributed by atoms with E-state index in [4.69, 9.17) is 18.9 Å². The van der Waals surface area contributed by atoms with E-state index in [0.29, 0.717) is 23.7 Å². The van der Waals surface area contributed by atoms with Crippen LogP contribution in [0.5, 0.6) is 23.0 Å². The van der Waals surface area contributed by atoms with Gasteiger partial charge in [-0.25, -0.2) is 0 Å². The molecule has 0 amide bonds. The molecular formula is C82H116N8O4. The van der Waals surface area contributed by atoms with Crippen molar-refractivity contribution in [2.45, 2.75) is 224 Å². The van der Waals surface area contributed by atoms with E-state index in [2.05, 4.69) is 191 Å². The average Bonchev–Trinajstić information content (AvgIpc) is 1.32. The minimum absolute atomic E-state index is 0.583. The molecule has 0 N–H and O–H groups in total. The second kappa shape index (κ2) is 46.5. The lowest BCUT2D eigenvalue weighted by atomic mass is 10.1. The summed E-state index contributed by atoms with van der Waals surface area (Å²) in [4.78, 5) is 0. The van der Waals surface area contributed by atoms with Crippen molar-refractivity contribution < 1.29 is 18.9 Å². The van der Waals surface area contributed by atoms with Gasteiger partial charge in [0.2, 0.25) is 0 Å². The molecular weight excluding hydrogens is 1160 g/mol. The van der Waals surface area contributed by atoms with Crippen LogP contribution in [0, 0.1) is 23.7 Å². The number of hydrogen-bond donors (Lipinski definition) is 0. The molecule has 0 radical (unpaired) electrons. The molecule has 0 bridgehead atoms. The third-order valence-corrected chi connectivity index (χ3v) is 17.1. The van der Waals surface area contributed by atoms with E-state index < -0.39 is 0 Å². The fourth-order valence-corrected chi connectivity index (χ4v) is 9.46. The lowest BCUT2D eigenvalue weighted by Gasteiger charge is -2.11. The van der Waals surface area contributed by atoms with Crippen LogP contribution in [0.4, 0.5) is 0 Å². The Labute approximate surface area is 567 Å². The quantitative estimate of drug-likeness (QED) is 0.0340. The molecule has 0 saturated carbocycles. The average molecular weight is 1280 g/mol. The van der Waals surface area contributed by atoms with Crippen molar-refractivity contribution in [3.63, 3.8) is 0 Å². The number of aromatic nitrogens is 8. The fraction of sp³-hybridized carbons (Fsp3) is 0.512. The zero-order valence-corrected chi connectivity index (χ0v) is 59.8. The van der Waals surface area contributed by atoms with Crippen LogP contribution >= 0.6 is 0 Å². The Bertz CT molecular complexity index is 3150. The normalized spacial score (nSPS) is 12.1. The van der Waals surface area contributed by atoms with Crippen LogP contribution in [-0.2, 0) is 25.7 Å². The molecule has 508 valence electrons. The van der Waals surface area contributed by atoms with Gasteiger partial charge in [-0.3, -0.25) is 0 Å². The molecule has 8 aromatic rings. The molecule has 0 saturated heterocycles. The molecule has 12 nitrogen and oxygen atoms in total. The summed E-state index contributed by atoms with van der Waals surface area (Å²) in [6.07, 6.45) is 26.1. The minimum atomic E-state index is 0.583. The summed E-state index contributed by atoms with van der Waals surface area (Å²) in [7, 11) is 0. The highest BCUT2D eigenvalue weighted by Crippen LogP contribution is 2.26. The van der Waals surface area contributed by atoms with Gasteiger partial charge >= 0.3 is 0 Å². The predicted molar refractivity (Wildman–Crippen MR) is 392 cm³/mol. The summed E-state index contributed by atoms with van der Waals surface area (Å²) in [5, 5.41) is 34.8. The SMILES string of the molecule is CCCCCCCc1ccc(-c2ccc(OCC(C)CC)cc2)nn1.CCCCCCc1ccc(-c2ccc(OCC(C)CC)cc2)nn1.CCCCCc1ccc(-c2ccc(OCC(C)CC)cc2)nn1.CCCCc1ccc(-c2ccc(OCC(C)CC)cc2)nn1. The van der Waals surface area contributed by atoms with E-state index in [9.17, 15) is 0 Å². The number of aryl methyl sites for hydroxylation is 4. The van der Waals surface area contributed by atoms with Gasteiger partial charge in [0, 0.05) is 22.3 Å². The topological polar surface area (TPSA) is 140 Å². The summed E-state index contributed by atoms with van der Waals surface area (Å²) < 4.78 is 23.2. The van der Waals surface area contributed by atoms with Crippen molar-refractivity contribution in [2.24, 2.45) is 23.7 Å². The summed E-state index contributed by atoms with van der Waals surface area (Å²) in [6, 6.07) is 49.1. The molecule has 94 heavy (non-hydrogen) atoms. The van der Waals surface area contributed by atoms with Crippen LogP contribution in [0.3, 0.4) is 0 Å². The Kier molecular flexibility index (Phi) is 38.1. The van der Waals surface area contributed by atoms with Gasteiger partial charge in [0.25, 0.3) is 0 Å². The number of benzene rings is 4. The van der Waals surface area contributed by atoms with Gasteiger partial charge in [-0.2, -0.15) is 40.8 Å². The molecule has 4 atom stereocenters. The summed E-state index contributed by atoms with van der Waals surface area (Å²) in [6.45, 7) is 29.5. The highest BCUT2D eigenvalue weighted by atomic mass is 16.5. The largest absolute Gasteiger partial charge is 0.493 e. The van der Waals surface area contributed by atoms with Crippen molar-refractivity contribution in [3.05, 3.63) is 168 Å². The second-order valence-electron chi connectivity index (χ2n) is 25.6. The van der Waals surface area contributed by atoms with Crippen LogP contribution in [0.25, 0.3) is 45.0 Å². The third kappa shape index (κ3) is 30.6. The van der Waals surface area contributed by atoms with Crippen LogP contribution in [0.1, 0.15) is 221 Å². The molecule has 4 heterocycles. The van der Waals surface area contributed by atoms with E-state index >= 15 is 0 Å². The van der Waals surface area contributed by atoms with E-state index in [1.165, 1.54) is 83.5 Å². The molecule has 8 rings (SSSR count). The molecule has 0 spiro atoms. The molecule has 0 fully saturated rings. The van der Waals surface area contributed by atoms with E-state index in [1.54, 1.807) is 0 Å². The number of nitrogens with zero attached hydrogens (tertiary/aromatic N) is 8. The lowest BCUT2D eigenvalue weighted by molar-refractivity contribution is 0.256. The minimum Gasteiger partial charge on any atom is -0.493 e. The van der Waals surface area contributed by atoms with Gasteiger partial charge in [-0.15, -0.1) is 0 Å². The van der Waals surface area contributed by atoms with Crippen molar-refractivity contribution >= 4 is 0 Å². The Hall–Kier alpha value is -7.60. The first kappa shape index (κ1) is 77.1. The van der Waals surface area contributed by atoms with Crippen molar-refractivity contribution in [1.82, 2.24) is 40.8 Å². The Balaban J connectivity index is 0.000000227.